The van der Waals surface area contributed by atoms with E-state index < -0.39 is 23.5 Å². The van der Waals surface area contributed by atoms with Gasteiger partial charge in [0.25, 0.3) is 11.5 Å². The number of methoxy groups -OCH3 is 1. The van der Waals surface area contributed by atoms with Crippen LogP contribution in [0.3, 0.4) is 0 Å². The molecule has 1 N–H and O–H groups in total. The van der Waals surface area contributed by atoms with Gasteiger partial charge in [0.1, 0.15) is 11.6 Å². The zero-order chi connectivity index (χ0) is 21.1. The molecular weight excluding hydrogens is 394 g/mol. The first kappa shape index (κ1) is 20.6. The topological polar surface area (TPSA) is 116 Å². The van der Waals surface area contributed by atoms with E-state index in [2.05, 4.69) is 20.6 Å². The van der Waals surface area contributed by atoms with Crippen LogP contribution >= 0.6 is 11.3 Å². The number of fused-ring (bicyclic) bond motifs is 1. The van der Waals surface area contributed by atoms with Crippen LogP contribution in [0, 0.1) is 5.92 Å². The van der Waals surface area contributed by atoms with Crippen molar-refractivity contribution in [3.63, 3.8) is 0 Å². The molecule has 10 heteroatoms. The lowest BCUT2D eigenvalue weighted by atomic mass is 10.1. The second-order valence-electron chi connectivity index (χ2n) is 6.90. The Hall–Kier alpha value is -3.14. The predicted octanol–water partition coefficient (Wildman–Crippen LogP) is 2.43. The highest BCUT2D eigenvalue weighted by Crippen LogP contribution is 2.27. The Morgan fingerprint density at radius 3 is 2.66 bits per heavy atom. The number of amides is 1. The molecule has 0 fully saturated rings. The Morgan fingerprint density at radius 2 is 1.97 bits per heavy atom. The number of carbonyl (C=O) groups is 2. The maximum Gasteiger partial charge on any atom is 0.357 e. The van der Waals surface area contributed by atoms with Gasteiger partial charge in [0.15, 0.2) is 10.8 Å². The van der Waals surface area contributed by atoms with Crippen LogP contribution in [0.5, 0.6) is 0 Å². The largest absolute Gasteiger partial charge is 0.464 e. The maximum atomic E-state index is 12.7. The lowest BCUT2D eigenvalue weighted by molar-refractivity contribution is -0.119. The normalized spacial score (nSPS) is 12.2. The highest BCUT2D eigenvalue weighted by Gasteiger charge is 2.24. The average Bonchev–Trinajstić information content (AvgIpc) is 3.08. The monoisotopic (exact) mass is 415 g/mol. The van der Waals surface area contributed by atoms with E-state index >= 15 is 0 Å². The van der Waals surface area contributed by atoms with Crippen molar-refractivity contribution in [2.24, 2.45) is 5.92 Å². The number of anilines is 1. The number of nitrogens with zero attached hydrogens (tertiary/aromatic N) is 4. The fourth-order valence-corrected chi connectivity index (χ4v) is 3.91. The van der Waals surface area contributed by atoms with Crippen LogP contribution in [0.1, 0.15) is 42.2 Å². The molecule has 2 heterocycles. The molecule has 0 spiro atoms. The van der Waals surface area contributed by atoms with Gasteiger partial charge >= 0.3 is 5.97 Å². The van der Waals surface area contributed by atoms with Gasteiger partial charge in [-0.2, -0.15) is 4.68 Å². The van der Waals surface area contributed by atoms with Gasteiger partial charge in [-0.25, -0.2) is 9.78 Å². The number of aromatic nitrogens is 4. The highest BCUT2D eigenvalue weighted by molar-refractivity contribution is 7.16. The van der Waals surface area contributed by atoms with Crippen LogP contribution in [0.15, 0.2) is 29.1 Å². The second-order valence-corrected chi connectivity index (χ2v) is 7.99. The van der Waals surface area contributed by atoms with E-state index in [1.165, 1.54) is 18.4 Å². The first-order chi connectivity index (χ1) is 13.8. The fraction of sp³-hybridized carbons (Fsp3) is 0.368. The first-order valence-corrected chi connectivity index (χ1v) is 9.86. The standard InChI is InChI=1S/C19H21N5O4S/c1-10(2)9-14-15(18(27)28-4)20-19(29-14)21-16(25)11(3)24-17(26)12-7-5-6-8-13(12)22-23-24/h5-8,10-11H,9H2,1-4H3,(H,20,21,25)/t11-/m0/s1. The molecule has 0 saturated carbocycles. The minimum absolute atomic E-state index is 0.191. The van der Waals surface area contributed by atoms with Gasteiger partial charge in [0.2, 0.25) is 0 Å². The number of benzene rings is 1. The van der Waals surface area contributed by atoms with Gasteiger partial charge in [-0.1, -0.05) is 31.2 Å². The van der Waals surface area contributed by atoms with Crippen molar-refractivity contribution < 1.29 is 14.3 Å². The summed E-state index contributed by atoms with van der Waals surface area (Å²) < 4.78 is 5.81. The molecule has 1 amide bonds. The number of rotatable bonds is 6. The van der Waals surface area contributed by atoms with Crippen LogP contribution < -0.4 is 10.9 Å². The van der Waals surface area contributed by atoms with Crippen molar-refractivity contribution in [3.05, 3.63) is 45.2 Å². The van der Waals surface area contributed by atoms with Crippen LogP contribution in [0.25, 0.3) is 10.9 Å². The molecule has 3 aromatic rings. The quantitative estimate of drug-likeness (QED) is 0.615. The molecule has 29 heavy (non-hydrogen) atoms. The maximum absolute atomic E-state index is 12.7. The number of nitrogens with one attached hydrogen (secondary N) is 1. The number of thiazole rings is 1. The van der Waals surface area contributed by atoms with Crippen molar-refractivity contribution in [2.45, 2.75) is 33.2 Å². The fourth-order valence-electron chi connectivity index (χ4n) is 2.75. The zero-order valence-electron chi connectivity index (χ0n) is 16.5. The number of esters is 1. The van der Waals surface area contributed by atoms with E-state index in [1.807, 2.05) is 13.8 Å². The van der Waals surface area contributed by atoms with Crippen LogP contribution in [-0.4, -0.2) is 39.0 Å². The molecule has 0 aliphatic heterocycles. The number of hydrogen-bond acceptors (Lipinski definition) is 8. The minimum Gasteiger partial charge on any atom is -0.464 e. The molecular formula is C19H21N5O4S. The van der Waals surface area contributed by atoms with Crippen LogP contribution in [0.4, 0.5) is 5.13 Å². The van der Waals surface area contributed by atoms with Crippen LogP contribution in [0.2, 0.25) is 0 Å². The Kier molecular flexibility index (Phi) is 6.02. The Labute approximate surface area is 170 Å². The SMILES string of the molecule is COC(=O)c1nc(NC(=O)[C@H](C)n2nnc3ccccc3c2=O)sc1CC(C)C. The minimum atomic E-state index is -0.918. The predicted molar refractivity (Wildman–Crippen MR) is 109 cm³/mol. The Balaban J connectivity index is 1.86. The Bertz CT molecular complexity index is 1120. The highest BCUT2D eigenvalue weighted by atomic mass is 32.1. The van der Waals surface area contributed by atoms with Gasteiger partial charge in [-0.05, 0) is 31.4 Å². The van der Waals surface area contributed by atoms with Gasteiger partial charge in [-0.15, -0.1) is 16.4 Å². The second kappa shape index (κ2) is 8.48. The Morgan fingerprint density at radius 1 is 1.24 bits per heavy atom. The number of ether oxygens (including phenoxy) is 1. The zero-order valence-corrected chi connectivity index (χ0v) is 17.3. The molecule has 0 aliphatic carbocycles. The van der Waals surface area contributed by atoms with Crippen molar-refractivity contribution in [3.8, 4) is 0 Å². The van der Waals surface area contributed by atoms with Crippen molar-refractivity contribution in [2.75, 3.05) is 12.4 Å². The third-order valence-electron chi connectivity index (χ3n) is 4.24. The number of carbonyl (C=O) groups excluding carboxylic acids is 2. The smallest absolute Gasteiger partial charge is 0.357 e. The third kappa shape index (κ3) is 4.32. The van der Waals surface area contributed by atoms with E-state index in [-0.39, 0.29) is 10.8 Å². The third-order valence-corrected chi connectivity index (χ3v) is 5.23. The summed E-state index contributed by atoms with van der Waals surface area (Å²) in [5, 5.41) is 11.2. The summed E-state index contributed by atoms with van der Waals surface area (Å²) >= 11 is 1.21. The lowest BCUT2D eigenvalue weighted by Crippen LogP contribution is -2.34. The summed E-state index contributed by atoms with van der Waals surface area (Å²) in [6, 6.07) is 5.88. The number of hydrogen-bond donors (Lipinski definition) is 1. The molecule has 1 atom stereocenters. The summed E-state index contributed by atoms with van der Waals surface area (Å²) in [4.78, 5) is 42.3. The molecule has 152 valence electrons. The summed E-state index contributed by atoms with van der Waals surface area (Å²) in [6.07, 6.45) is 0.628. The first-order valence-electron chi connectivity index (χ1n) is 9.05. The van der Waals surface area contributed by atoms with E-state index in [1.54, 1.807) is 31.2 Å². The van der Waals surface area contributed by atoms with Crippen LogP contribution in [-0.2, 0) is 16.0 Å². The molecule has 0 saturated heterocycles. The van der Waals surface area contributed by atoms with E-state index in [9.17, 15) is 14.4 Å². The van der Waals surface area contributed by atoms with Gasteiger partial charge in [-0.3, -0.25) is 9.59 Å². The molecule has 0 radical (unpaired) electrons. The van der Waals surface area contributed by atoms with E-state index in [0.29, 0.717) is 23.2 Å². The lowest BCUT2D eigenvalue weighted by Gasteiger charge is -2.12. The summed E-state index contributed by atoms with van der Waals surface area (Å²) in [7, 11) is 1.28. The summed E-state index contributed by atoms with van der Waals surface area (Å²) in [5.74, 6) is -0.743. The average molecular weight is 415 g/mol. The van der Waals surface area contributed by atoms with E-state index in [4.69, 9.17) is 4.74 Å². The van der Waals surface area contributed by atoms with Gasteiger partial charge < -0.3 is 10.1 Å². The molecule has 9 nitrogen and oxygen atoms in total. The van der Waals surface area contributed by atoms with Crippen molar-refractivity contribution in [1.29, 1.82) is 0 Å². The van der Waals surface area contributed by atoms with E-state index in [0.717, 1.165) is 9.56 Å². The molecule has 0 aliphatic rings. The molecule has 0 bridgehead atoms. The summed E-state index contributed by atoms with van der Waals surface area (Å²) in [6.45, 7) is 5.59. The van der Waals surface area contributed by atoms with Crippen molar-refractivity contribution in [1.82, 2.24) is 20.0 Å². The molecule has 0 unspecified atom stereocenters. The molecule has 3 rings (SSSR count). The van der Waals surface area contributed by atoms with Crippen molar-refractivity contribution >= 4 is 39.2 Å². The van der Waals surface area contributed by atoms with Gasteiger partial charge in [0, 0.05) is 4.88 Å². The van der Waals surface area contributed by atoms with Gasteiger partial charge in [0.05, 0.1) is 12.5 Å². The molecule has 2 aromatic heterocycles. The molecule has 1 aromatic carbocycles. The summed E-state index contributed by atoms with van der Waals surface area (Å²) in [5.41, 5.74) is 0.243.